The van der Waals surface area contributed by atoms with Gasteiger partial charge in [-0.05, 0) is 33.6 Å². The zero-order valence-corrected chi connectivity index (χ0v) is 20.2. The molecule has 1 aliphatic rings. The van der Waals surface area contributed by atoms with Gasteiger partial charge in [0.2, 0.25) is 0 Å². The summed E-state index contributed by atoms with van der Waals surface area (Å²) < 4.78 is 29.8. The van der Waals surface area contributed by atoms with E-state index in [0.717, 1.165) is 0 Å². The molecule has 4 N–H and O–H groups in total. The van der Waals surface area contributed by atoms with Crippen LogP contribution in [0, 0.1) is 19.3 Å². The van der Waals surface area contributed by atoms with Crippen molar-refractivity contribution in [2.24, 2.45) is 0 Å². The fraction of sp³-hybridized carbons (Fsp3) is 0.714. The van der Waals surface area contributed by atoms with Crippen molar-refractivity contribution in [1.82, 2.24) is 9.97 Å². The number of ether oxygens (including phenoxy) is 2. The first-order chi connectivity index (χ1) is 14.8. The Morgan fingerprint density at radius 1 is 1.34 bits per heavy atom. The summed E-state index contributed by atoms with van der Waals surface area (Å²) in [6, 6.07) is 0. The van der Waals surface area contributed by atoms with E-state index < -0.39 is 48.5 Å². The lowest BCUT2D eigenvalue weighted by Crippen LogP contribution is -2.40. The molecule has 7 atom stereocenters. The second kappa shape index (κ2) is 9.74. The molecule has 1 aromatic heterocycles. The van der Waals surface area contributed by atoms with Crippen molar-refractivity contribution < 1.29 is 33.7 Å². The lowest BCUT2D eigenvalue weighted by atomic mass is 9.92. The van der Waals surface area contributed by atoms with Crippen LogP contribution in [0.15, 0.2) is 4.79 Å². The van der Waals surface area contributed by atoms with E-state index in [2.05, 4.69) is 15.9 Å². The molecule has 1 fully saturated rings. The van der Waals surface area contributed by atoms with Crippen LogP contribution >= 0.6 is 7.60 Å². The zero-order valence-electron chi connectivity index (χ0n) is 19.3. The van der Waals surface area contributed by atoms with Crippen molar-refractivity contribution in [2.45, 2.75) is 89.2 Å². The first-order valence-corrected chi connectivity index (χ1v) is 12.0. The predicted octanol–water partition coefficient (Wildman–Crippen LogP) is 1.75. The van der Waals surface area contributed by atoms with Gasteiger partial charge in [-0.2, -0.15) is 0 Å². The Morgan fingerprint density at radius 3 is 2.47 bits per heavy atom. The molecule has 1 aliphatic heterocycles. The number of hydrogen-bond donors (Lipinski definition) is 4. The van der Waals surface area contributed by atoms with Gasteiger partial charge in [-0.15, -0.1) is 6.42 Å². The minimum absolute atomic E-state index is 0.0169. The molecule has 0 aliphatic carbocycles. The van der Waals surface area contributed by atoms with E-state index in [1.807, 2.05) is 0 Å². The Hall–Kier alpha value is -1.57. The SMILES string of the molecule is C#Cc1[nH]c(=O)c(C)nc1[C@@H]1O[C@H](CC(C)(CC)OP(=O)(O)C(C)(O)CC)C(O)[C@@H]1OC. The average molecular weight is 472 g/mol. The van der Waals surface area contributed by atoms with E-state index in [4.69, 9.17) is 20.4 Å². The molecule has 4 unspecified atom stereocenters. The summed E-state index contributed by atoms with van der Waals surface area (Å²) >= 11 is 0. The van der Waals surface area contributed by atoms with Crippen LogP contribution in [-0.2, 0) is 18.6 Å². The maximum absolute atomic E-state index is 12.7. The first kappa shape index (κ1) is 26.7. The molecule has 0 amide bonds. The number of terminal acetylenes is 1. The maximum Gasteiger partial charge on any atom is 0.359 e. The number of aromatic amines is 1. The largest absolute Gasteiger partial charge is 0.388 e. The fourth-order valence-corrected chi connectivity index (χ4v) is 4.93. The second-order valence-corrected chi connectivity index (χ2v) is 10.7. The van der Waals surface area contributed by atoms with Crippen LogP contribution in [0.25, 0.3) is 0 Å². The molecule has 0 aromatic carbocycles. The van der Waals surface area contributed by atoms with Gasteiger partial charge in [-0.3, -0.25) is 9.36 Å². The van der Waals surface area contributed by atoms with Gasteiger partial charge in [0.1, 0.15) is 35.4 Å². The Labute approximate surface area is 187 Å². The predicted molar refractivity (Wildman–Crippen MR) is 117 cm³/mol. The summed E-state index contributed by atoms with van der Waals surface area (Å²) in [7, 11) is -3.02. The number of aliphatic hydroxyl groups excluding tert-OH is 1. The van der Waals surface area contributed by atoms with E-state index in [1.54, 1.807) is 20.8 Å². The number of aromatic nitrogens is 2. The quantitative estimate of drug-likeness (QED) is 0.311. The van der Waals surface area contributed by atoms with E-state index in [1.165, 1.54) is 21.0 Å². The Bertz CT molecular complexity index is 972. The molecule has 10 nitrogen and oxygen atoms in total. The number of hydrogen-bond acceptors (Lipinski definition) is 8. The topological polar surface area (TPSA) is 151 Å². The van der Waals surface area contributed by atoms with Crippen molar-refractivity contribution >= 4 is 7.60 Å². The second-order valence-electron chi connectivity index (χ2n) is 8.53. The van der Waals surface area contributed by atoms with Crippen molar-refractivity contribution in [3.8, 4) is 12.3 Å². The summed E-state index contributed by atoms with van der Waals surface area (Å²) in [6.45, 7) is 7.72. The summed E-state index contributed by atoms with van der Waals surface area (Å²) in [5, 5.41) is 19.3. The summed E-state index contributed by atoms with van der Waals surface area (Å²) in [4.78, 5) is 29.1. The molecule has 11 heteroatoms. The number of aryl methyl sites for hydroxylation is 1. The van der Waals surface area contributed by atoms with Gasteiger partial charge in [0.25, 0.3) is 5.56 Å². The van der Waals surface area contributed by atoms with Crippen molar-refractivity contribution in [1.29, 1.82) is 0 Å². The Kier molecular flexibility index (Phi) is 8.12. The van der Waals surface area contributed by atoms with Gasteiger partial charge < -0.3 is 34.1 Å². The number of methoxy groups -OCH3 is 1. The van der Waals surface area contributed by atoms with Crippen molar-refractivity contribution in [3.05, 3.63) is 27.4 Å². The monoisotopic (exact) mass is 472 g/mol. The Balaban J connectivity index is 2.36. The maximum atomic E-state index is 12.7. The standard InChI is InChI=1S/C21H33N2O8P/c1-8-13-15(22-12(4)19(25)23-13)17-18(29-7)16(24)14(30-17)11-20(5,9-2)31-32(27,28)21(6,26)10-3/h1,14,16-18,24,26H,9-11H2,2-7H3,(H,23,25)(H,27,28)/t14-,16?,17+,18+,20?,21?/m1/s1. The van der Waals surface area contributed by atoms with Crippen molar-refractivity contribution in [2.75, 3.05) is 7.11 Å². The van der Waals surface area contributed by atoms with Crippen LogP contribution in [0.3, 0.4) is 0 Å². The molecule has 2 heterocycles. The van der Waals surface area contributed by atoms with Crippen LogP contribution in [0.4, 0.5) is 0 Å². The highest BCUT2D eigenvalue weighted by molar-refractivity contribution is 7.54. The number of aliphatic hydroxyl groups is 2. The van der Waals surface area contributed by atoms with Gasteiger partial charge in [-0.1, -0.05) is 19.8 Å². The first-order valence-electron chi connectivity index (χ1n) is 10.5. The van der Waals surface area contributed by atoms with Crippen LogP contribution in [0.5, 0.6) is 0 Å². The van der Waals surface area contributed by atoms with Crippen LogP contribution in [0.2, 0.25) is 0 Å². The van der Waals surface area contributed by atoms with Gasteiger partial charge in [0, 0.05) is 13.5 Å². The molecule has 2 rings (SSSR count). The highest BCUT2D eigenvalue weighted by Gasteiger charge is 2.51. The summed E-state index contributed by atoms with van der Waals surface area (Å²) in [5.41, 5.74) is -1.08. The minimum atomic E-state index is -4.42. The van der Waals surface area contributed by atoms with E-state index in [9.17, 15) is 24.5 Å². The minimum Gasteiger partial charge on any atom is -0.388 e. The highest BCUT2D eigenvalue weighted by Crippen LogP contribution is 2.59. The summed E-state index contributed by atoms with van der Waals surface area (Å²) in [5.74, 6) is 2.37. The highest BCUT2D eigenvalue weighted by atomic mass is 31.2. The van der Waals surface area contributed by atoms with Crippen LogP contribution < -0.4 is 5.56 Å². The molecular formula is C21H33N2O8P. The normalized spacial score (nSPS) is 29.0. The Morgan fingerprint density at radius 2 is 1.97 bits per heavy atom. The van der Waals surface area contributed by atoms with Gasteiger partial charge in [0.15, 0.2) is 5.34 Å². The van der Waals surface area contributed by atoms with Crippen LogP contribution in [-0.4, -0.2) is 61.4 Å². The third-order valence-corrected chi connectivity index (χ3v) is 8.36. The molecular weight excluding hydrogens is 439 g/mol. The van der Waals surface area contributed by atoms with Gasteiger partial charge in [0.05, 0.1) is 11.7 Å². The third-order valence-electron chi connectivity index (χ3n) is 6.14. The smallest absolute Gasteiger partial charge is 0.359 e. The lowest BCUT2D eigenvalue weighted by molar-refractivity contribution is -0.0538. The molecule has 0 radical (unpaired) electrons. The molecule has 1 aromatic rings. The number of nitrogens with zero attached hydrogens (tertiary/aromatic N) is 1. The average Bonchev–Trinajstić information content (AvgIpc) is 3.03. The lowest BCUT2D eigenvalue weighted by Gasteiger charge is -2.37. The number of rotatable bonds is 9. The zero-order chi connectivity index (χ0) is 24.5. The number of H-pyrrole nitrogens is 1. The molecule has 0 saturated carbocycles. The van der Waals surface area contributed by atoms with Crippen LogP contribution in [0.1, 0.15) is 70.1 Å². The molecule has 0 bridgehead atoms. The van der Waals surface area contributed by atoms with E-state index in [-0.39, 0.29) is 29.9 Å². The molecule has 0 spiro atoms. The molecule has 32 heavy (non-hydrogen) atoms. The molecule has 1 saturated heterocycles. The third kappa shape index (κ3) is 5.15. The van der Waals surface area contributed by atoms with Crippen molar-refractivity contribution in [3.63, 3.8) is 0 Å². The molecule has 180 valence electrons. The number of nitrogens with one attached hydrogen (secondary N) is 1. The van der Waals surface area contributed by atoms with Gasteiger partial charge >= 0.3 is 7.60 Å². The van der Waals surface area contributed by atoms with E-state index >= 15 is 0 Å². The van der Waals surface area contributed by atoms with Gasteiger partial charge in [-0.25, -0.2) is 4.98 Å². The summed E-state index contributed by atoms with van der Waals surface area (Å²) in [6.07, 6.45) is 2.13. The fourth-order valence-electron chi connectivity index (χ4n) is 3.53. The van der Waals surface area contributed by atoms with E-state index in [0.29, 0.717) is 6.42 Å².